The van der Waals surface area contributed by atoms with Crippen molar-refractivity contribution >= 4 is 43.1 Å². The molecule has 4 aromatic carbocycles. The number of nitrogens with zero attached hydrogens (tertiary/aromatic N) is 1. The molecular formula is C42H44INO6. The van der Waals surface area contributed by atoms with Crippen LogP contribution >= 0.6 is 19.8 Å². The molecule has 0 spiro atoms. The van der Waals surface area contributed by atoms with Crippen molar-refractivity contribution in [2.75, 3.05) is 21.9 Å². The van der Waals surface area contributed by atoms with Gasteiger partial charge in [-0.25, -0.2) is 0 Å². The minimum atomic E-state index is -1.39. The van der Waals surface area contributed by atoms with E-state index in [2.05, 4.69) is 27.7 Å². The van der Waals surface area contributed by atoms with Crippen molar-refractivity contribution in [2.45, 2.75) is 52.9 Å². The molecule has 0 saturated carbocycles. The molecule has 1 aliphatic heterocycles. The topological polar surface area (TPSA) is 112 Å². The largest absolute Gasteiger partial charge is 0.507 e. The van der Waals surface area contributed by atoms with Crippen molar-refractivity contribution in [1.82, 2.24) is 4.90 Å². The van der Waals surface area contributed by atoms with E-state index in [0.717, 1.165) is 30.8 Å². The number of phenols is 2. The van der Waals surface area contributed by atoms with Crippen LogP contribution in [0.2, 0.25) is 0 Å². The number of carbonyl (C=O) groups excluding carboxylic acids is 4. The zero-order chi connectivity index (χ0) is 35.9. The van der Waals surface area contributed by atoms with Crippen LogP contribution in [-0.2, 0) is 0 Å². The number of phenolic OH excluding ortho intramolecular Hbond substituents is 2. The standard InChI is InChI=1S/C42H44INO6/c1-5-27(6-2)29-17-19-35(37(45)25-29)40(48)32-14-10-9-13-31(32)39(47)28-21-23-44(24-22-28)42(50)34-16-12-11-15-33(34)41(49)36-20-18-30(26-38(36)46)43(7-3)8-4/h9-21,25-27,45-46H,5-8,22-24H2,1-4H3. The molecule has 2 N–H and O–H groups in total. The average Bonchev–Trinajstić information content (AvgIpc) is 3.15. The van der Waals surface area contributed by atoms with E-state index in [-0.39, 0.29) is 82.0 Å². The molecule has 0 aromatic heterocycles. The summed E-state index contributed by atoms with van der Waals surface area (Å²) in [6.45, 7) is 8.88. The van der Waals surface area contributed by atoms with Crippen LogP contribution in [0.5, 0.6) is 11.5 Å². The second-order valence-electron chi connectivity index (χ2n) is 12.3. The Morgan fingerprint density at radius 1 is 0.660 bits per heavy atom. The van der Waals surface area contributed by atoms with Crippen LogP contribution in [0.25, 0.3) is 0 Å². The van der Waals surface area contributed by atoms with Gasteiger partial charge in [-0.2, -0.15) is 0 Å². The second kappa shape index (κ2) is 16.4. The summed E-state index contributed by atoms with van der Waals surface area (Å²) in [5.74, 6) is -1.41. The molecule has 0 aliphatic carbocycles. The number of benzene rings is 4. The van der Waals surface area contributed by atoms with E-state index >= 15 is 0 Å². The maximum absolute atomic E-state index is 13.8. The number of Topliss-reactive ketones (excluding diaryl/α,β-unsaturated/α-hetero) is 1. The molecule has 0 radical (unpaired) electrons. The Hall–Kier alpha value is -4.57. The summed E-state index contributed by atoms with van der Waals surface area (Å²) >= 11 is -1.39. The Balaban J connectivity index is 1.34. The van der Waals surface area contributed by atoms with Gasteiger partial charge in [-0.1, -0.05) is 44.2 Å². The van der Waals surface area contributed by atoms with E-state index in [1.807, 2.05) is 12.1 Å². The minimum absolute atomic E-state index is 0.0735. The Morgan fingerprint density at radius 3 is 1.68 bits per heavy atom. The van der Waals surface area contributed by atoms with Crippen molar-refractivity contribution in [3.8, 4) is 11.5 Å². The number of amides is 1. The van der Waals surface area contributed by atoms with E-state index in [1.165, 1.54) is 0 Å². The zero-order valence-electron chi connectivity index (χ0n) is 29.0. The Kier molecular flexibility index (Phi) is 12.1. The number of halogens is 1. The summed E-state index contributed by atoms with van der Waals surface area (Å²) < 4.78 is 3.27. The van der Waals surface area contributed by atoms with Crippen LogP contribution in [0.15, 0.2) is 96.6 Å². The monoisotopic (exact) mass is 785 g/mol. The van der Waals surface area contributed by atoms with Gasteiger partial charge in [-0.05, 0) is 36.5 Å². The Bertz CT molecular complexity index is 1960. The van der Waals surface area contributed by atoms with Crippen molar-refractivity contribution in [3.63, 3.8) is 0 Å². The third-order valence-corrected chi connectivity index (χ3v) is 15.6. The van der Waals surface area contributed by atoms with E-state index in [1.54, 1.807) is 83.8 Å². The maximum atomic E-state index is 13.8. The van der Waals surface area contributed by atoms with Crippen molar-refractivity contribution < 1.29 is 29.4 Å². The van der Waals surface area contributed by atoms with E-state index in [9.17, 15) is 29.4 Å². The fourth-order valence-electron chi connectivity index (χ4n) is 6.56. The molecule has 5 rings (SSSR count). The first-order chi connectivity index (χ1) is 24.1. The average molecular weight is 786 g/mol. The summed E-state index contributed by atoms with van der Waals surface area (Å²) in [5.41, 5.74) is 2.63. The molecule has 260 valence electrons. The quantitative estimate of drug-likeness (QED) is 0.0797. The number of aromatic hydroxyl groups is 2. The molecule has 0 unspecified atom stereocenters. The summed E-state index contributed by atoms with van der Waals surface area (Å²) in [7, 11) is 0. The summed E-state index contributed by atoms with van der Waals surface area (Å²) in [5, 5.41) is 21.6. The number of rotatable bonds is 13. The van der Waals surface area contributed by atoms with Gasteiger partial charge >= 0.3 is 173 Å². The molecule has 1 aliphatic rings. The maximum Gasteiger partial charge on any atom is 0.127 e. The van der Waals surface area contributed by atoms with Gasteiger partial charge in [-0.3, -0.25) is 9.59 Å². The molecule has 0 saturated heterocycles. The number of hydrogen-bond donors (Lipinski definition) is 2. The molecule has 0 bridgehead atoms. The first kappa shape index (κ1) is 36.7. The van der Waals surface area contributed by atoms with Gasteiger partial charge in [-0.15, -0.1) is 0 Å². The number of alkyl halides is 2. The molecule has 0 fully saturated rings. The molecule has 1 amide bonds. The van der Waals surface area contributed by atoms with Crippen LogP contribution < -0.4 is 0 Å². The predicted octanol–water partition coefficient (Wildman–Crippen LogP) is 8.83. The number of ketones is 3. The van der Waals surface area contributed by atoms with Crippen LogP contribution in [0.3, 0.4) is 0 Å². The number of carbonyl (C=O) groups is 4. The van der Waals surface area contributed by atoms with Crippen LogP contribution in [0.1, 0.15) is 111 Å². The molecule has 8 heteroatoms. The van der Waals surface area contributed by atoms with Gasteiger partial charge in [0, 0.05) is 11.1 Å². The third kappa shape index (κ3) is 7.60. The fourth-order valence-corrected chi connectivity index (χ4v) is 10.8. The zero-order valence-corrected chi connectivity index (χ0v) is 31.2. The third-order valence-electron chi connectivity index (χ3n) is 9.49. The normalized spacial score (nSPS) is 13.2. The van der Waals surface area contributed by atoms with Crippen LogP contribution in [0, 0.1) is 3.57 Å². The SMILES string of the molecule is CCC(CC)c1ccc(C(=O)c2ccccc2C(=O)C2=CCN(C(=O)c3ccccc3C(=O)c3ccc(I(CC)CC)cc3O)CC2)c(O)c1. The Labute approximate surface area is 301 Å². The molecule has 1 heterocycles. The van der Waals surface area contributed by atoms with Crippen molar-refractivity contribution in [3.05, 3.63) is 139 Å². The first-order valence-electron chi connectivity index (χ1n) is 17.2. The van der Waals surface area contributed by atoms with Crippen molar-refractivity contribution in [1.29, 1.82) is 0 Å². The van der Waals surface area contributed by atoms with Gasteiger partial charge in [0.05, 0.1) is 5.56 Å². The molecular weight excluding hydrogens is 741 g/mol. The van der Waals surface area contributed by atoms with Crippen LogP contribution in [0.4, 0.5) is 0 Å². The predicted molar refractivity (Wildman–Crippen MR) is 206 cm³/mol. The first-order valence-corrected chi connectivity index (χ1v) is 21.3. The second-order valence-corrected chi connectivity index (χ2v) is 19.2. The molecule has 7 nitrogen and oxygen atoms in total. The summed E-state index contributed by atoms with van der Waals surface area (Å²) in [6, 6.07) is 23.6. The van der Waals surface area contributed by atoms with Crippen molar-refractivity contribution in [2.24, 2.45) is 0 Å². The van der Waals surface area contributed by atoms with Gasteiger partial charge in [0.1, 0.15) is 5.75 Å². The van der Waals surface area contributed by atoms with Gasteiger partial charge in [0.25, 0.3) is 0 Å². The van der Waals surface area contributed by atoms with Gasteiger partial charge in [0.15, 0.2) is 11.6 Å². The van der Waals surface area contributed by atoms with E-state index in [4.69, 9.17) is 0 Å². The Morgan fingerprint density at radius 2 is 1.18 bits per heavy atom. The minimum Gasteiger partial charge on any atom is -0.507 e. The molecule has 0 atom stereocenters. The molecule has 4 aromatic rings. The van der Waals surface area contributed by atoms with Crippen LogP contribution in [-0.4, -0.2) is 60.3 Å². The van der Waals surface area contributed by atoms with Gasteiger partial charge in [0.2, 0.25) is 0 Å². The summed E-state index contributed by atoms with van der Waals surface area (Å²) in [6.07, 6.45) is 3.80. The fraction of sp³-hybridized carbons (Fsp3) is 0.286. The number of hydrogen-bond acceptors (Lipinski definition) is 6. The van der Waals surface area contributed by atoms with E-state index in [0.29, 0.717) is 5.57 Å². The molecule has 50 heavy (non-hydrogen) atoms. The van der Waals surface area contributed by atoms with E-state index < -0.39 is 31.4 Å². The smallest absolute Gasteiger partial charge is 0.127 e. The van der Waals surface area contributed by atoms with Gasteiger partial charge < -0.3 is 5.11 Å². The summed E-state index contributed by atoms with van der Waals surface area (Å²) in [4.78, 5) is 56.5.